The molecule has 0 bridgehead atoms. The molecule has 1 N–H and O–H groups in total. The van der Waals surface area contributed by atoms with Gasteiger partial charge in [0.25, 0.3) is 0 Å². The van der Waals surface area contributed by atoms with E-state index in [1.165, 1.54) is 0 Å². The average molecular weight is 297 g/mol. The van der Waals surface area contributed by atoms with Crippen LogP contribution in [0.2, 0.25) is 0 Å². The van der Waals surface area contributed by atoms with Crippen LogP contribution in [0.5, 0.6) is 5.75 Å². The highest BCUT2D eigenvalue weighted by Gasteiger charge is 2.00. The largest absolute Gasteiger partial charge is 0.494 e. The number of hydrogen-bond acceptors (Lipinski definition) is 5. The molecular weight excluding hydrogens is 282 g/mol. The Morgan fingerprint density at radius 1 is 1.24 bits per heavy atom. The fourth-order valence-corrected chi connectivity index (χ4v) is 2.75. The van der Waals surface area contributed by atoms with Crippen LogP contribution in [0.1, 0.15) is 12.5 Å². The second kappa shape index (κ2) is 6.37. The second-order valence-electron chi connectivity index (χ2n) is 4.36. The van der Waals surface area contributed by atoms with Crippen LogP contribution in [0.15, 0.2) is 53.6 Å². The summed E-state index contributed by atoms with van der Waals surface area (Å²) in [5.74, 6) is 0.849. The molecule has 0 aliphatic rings. The van der Waals surface area contributed by atoms with Gasteiger partial charge in [-0.1, -0.05) is 35.6 Å². The molecule has 0 unspecified atom stereocenters. The Labute approximate surface area is 127 Å². The van der Waals surface area contributed by atoms with Gasteiger partial charge in [-0.05, 0) is 36.8 Å². The molecule has 3 aromatic rings. The lowest BCUT2D eigenvalue weighted by atomic mass is 10.2. The van der Waals surface area contributed by atoms with Crippen LogP contribution in [-0.2, 0) is 0 Å². The van der Waals surface area contributed by atoms with Crippen molar-refractivity contribution in [3.8, 4) is 5.75 Å². The molecule has 0 fully saturated rings. The molecule has 106 valence electrons. The lowest BCUT2D eigenvalue weighted by molar-refractivity contribution is 0.340. The summed E-state index contributed by atoms with van der Waals surface area (Å²) in [6.45, 7) is 2.62. The van der Waals surface area contributed by atoms with E-state index in [1.807, 2.05) is 55.5 Å². The molecule has 0 atom stereocenters. The predicted molar refractivity (Wildman–Crippen MR) is 88.4 cm³/mol. The summed E-state index contributed by atoms with van der Waals surface area (Å²) < 4.78 is 6.61. The Morgan fingerprint density at radius 2 is 2.14 bits per heavy atom. The summed E-state index contributed by atoms with van der Waals surface area (Å²) in [7, 11) is 0. The van der Waals surface area contributed by atoms with E-state index in [-0.39, 0.29) is 0 Å². The maximum atomic E-state index is 5.46. The number of ether oxygens (including phenoxy) is 1. The van der Waals surface area contributed by atoms with Crippen molar-refractivity contribution in [1.82, 2.24) is 4.98 Å². The van der Waals surface area contributed by atoms with Gasteiger partial charge in [-0.2, -0.15) is 5.10 Å². The first-order valence-corrected chi connectivity index (χ1v) is 7.54. The predicted octanol–water partition coefficient (Wildman–Crippen LogP) is 4.14. The zero-order valence-corrected chi connectivity index (χ0v) is 12.4. The number of nitrogens with one attached hydrogen (secondary N) is 1. The van der Waals surface area contributed by atoms with Gasteiger partial charge in [0.2, 0.25) is 5.13 Å². The van der Waals surface area contributed by atoms with Crippen LogP contribution in [-0.4, -0.2) is 17.8 Å². The van der Waals surface area contributed by atoms with Gasteiger partial charge in [0.1, 0.15) is 5.75 Å². The van der Waals surface area contributed by atoms with Crippen LogP contribution in [0.25, 0.3) is 10.2 Å². The number of thiazole rings is 1. The number of aromatic nitrogens is 1. The van der Waals surface area contributed by atoms with E-state index in [9.17, 15) is 0 Å². The summed E-state index contributed by atoms with van der Waals surface area (Å²) >= 11 is 1.58. The minimum Gasteiger partial charge on any atom is -0.494 e. The highest BCUT2D eigenvalue weighted by molar-refractivity contribution is 7.22. The zero-order chi connectivity index (χ0) is 14.5. The smallest absolute Gasteiger partial charge is 0.204 e. The summed E-state index contributed by atoms with van der Waals surface area (Å²) in [5.41, 5.74) is 4.94. The molecule has 1 heterocycles. The van der Waals surface area contributed by atoms with Crippen molar-refractivity contribution in [2.24, 2.45) is 5.10 Å². The topological polar surface area (TPSA) is 46.5 Å². The van der Waals surface area contributed by atoms with Gasteiger partial charge in [-0.3, -0.25) is 5.43 Å². The van der Waals surface area contributed by atoms with E-state index >= 15 is 0 Å². The van der Waals surface area contributed by atoms with Crippen molar-refractivity contribution in [2.45, 2.75) is 6.92 Å². The number of fused-ring (bicyclic) bond motifs is 1. The first-order valence-electron chi connectivity index (χ1n) is 6.72. The van der Waals surface area contributed by atoms with E-state index in [0.29, 0.717) is 6.61 Å². The van der Waals surface area contributed by atoms with Crippen LogP contribution >= 0.6 is 11.3 Å². The molecule has 0 aliphatic heterocycles. The lowest BCUT2D eigenvalue weighted by Crippen LogP contribution is -1.93. The molecule has 2 aromatic carbocycles. The number of benzene rings is 2. The van der Waals surface area contributed by atoms with Gasteiger partial charge in [-0.15, -0.1) is 0 Å². The molecule has 0 saturated carbocycles. The van der Waals surface area contributed by atoms with Crippen molar-refractivity contribution in [3.63, 3.8) is 0 Å². The van der Waals surface area contributed by atoms with E-state index < -0.39 is 0 Å². The molecule has 21 heavy (non-hydrogen) atoms. The monoisotopic (exact) mass is 297 g/mol. The standard InChI is InChI=1S/C16H15N3OS/c1-2-20-13-7-5-6-12(10-13)11-17-19-16-18-14-8-3-4-9-15(14)21-16/h3-11H,2H2,1H3,(H,18,19)/b17-11-. The Balaban J connectivity index is 1.70. The highest BCUT2D eigenvalue weighted by Crippen LogP contribution is 2.25. The van der Waals surface area contributed by atoms with Crippen molar-refractivity contribution in [3.05, 3.63) is 54.1 Å². The fourth-order valence-electron chi connectivity index (χ4n) is 1.93. The number of para-hydroxylation sites is 1. The molecule has 0 spiro atoms. The zero-order valence-electron chi connectivity index (χ0n) is 11.6. The second-order valence-corrected chi connectivity index (χ2v) is 5.39. The fraction of sp³-hybridized carbons (Fsp3) is 0.125. The Hall–Kier alpha value is -2.40. The molecule has 0 saturated heterocycles. The summed E-state index contributed by atoms with van der Waals surface area (Å²) in [5, 5.41) is 5.01. The SMILES string of the molecule is CCOc1cccc(/C=N\Nc2nc3ccccc3s2)c1. The summed E-state index contributed by atoms with van der Waals surface area (Å²) in [4.78, 5) is 4.46. The van der Waals surface area contributed by atoms with Crippen LogP contribution in [0.3, 0.4) is 0 Å². The first kappa shape index (κ1) is 13.6. The van der Waals surface area contributed by atoms with Gasteiger partial charge < -0.3 is 4.74 Å². The number of hydrazone groups is 1. The Kier molecular flexibility index (Phi) is 4.12. The van der Waals surface area contributed by atoms with Crippen molar-refractivity contribution >= 4 is 32.9 Å². The van der Waals surface area contributed by atoms with E-state index in [1.54, 1.807) is 17.6 Å². The van der Waals surface area contributed by atoms with Gasteiger partial charge in [-0.25, -0.2) is 4.98 Å². The van der Waals surface area contributed by atoms with E-state index in [4.69, 9.17) is 4.74 Å². The first-order chi connectivity index (χ1) is 10.3. The van der Waals surface area contributed by atoms with Crippen LogP contribution in [0.4, 0.5) is 5.13 Å². The molecule has 1 aromatic heterocycles. The summed E-state index contributed by atoms with van der Waals surface area (Å²) in [6.07, 6.45) is 1.76. The van der Waals surface area contributed by atoms with Crippen molar-refractivity contribution < 1.29 is 4.74 Å². The quantitative estimate of drug-likeness (QED) is 0.568. The Morgan fingerprint density at radius 3 is 3.00 bits per heavy atom. The van der Waals surface area contributed by atoms with Gasteiger partial charge in [0, 0.05) is 0 Å². The van der Waals surface area contributed by atoms with Gasteiger partial charge in [0.05, 0.1) is 23.0 Å². The van der Waals surface area contributed by atoms with Crippen molar-refractivity contribution in [2.75, 3.05) is 12.0 Å². The maximum Gasteiger partial charge on any atom is 0.204 e. The third-order valence-corrected chi connectivity index (χ3v) is 3.78. The molecule has 5 heteroatoms. The molecular formula is C16H15N3OS. The number of rotatable bonds is 5. The number of hydrogen-bond donors (Lipinski definition) is 1. The van der Waals surface area contributed by atoms with Crippen LogP contribution in [0, 0.1) is 0 Å². The molecule has 0 aliphatic carbocycles. The molecule has 3 rings (SSSR count). The van der Waals surface area contributed by atoms with Crippen LogP contribution < -0.4 is 10.2 Å². The maximum absolute atomic E-state index is 5.46. The van der Waals surface area contributed by atoms with Gasteiger partial charge >= 0.3 is 0 Å². The van der Waals surface area contributed by atoms with E-state index in [0.717, 1.165) is 26.7 Å². The minimum absolute atomic E-state index is 0.657. The normalized spacial score (nSPS) is 11.1. The van der Waals surface area contributed by atoms with Gasteiger partial charge in [0.15, 0.2) is 0 Å². The van der Waals surface area contributed by atoms with E-state index in [2.05, 4.69) is 15.5 Å². The minimum atomic E-state index is 0.657. The molecule has 4 nitrogen and oxygen atoms in total. The third kappa shape index (κ3) is 3.38. The number of nitrogens with zero attached hydrogens (tertiary/aromatic N) is 2. The lowest BCUT2D eigenvalue weighted by Gasteiger charge is -2.02. The highest BCUT2D eigenvalue weighted by atomic mass is 32.1. The number of anilines is 1. The molecule has 0 amide bonds. The third-order valence-electron chi connectivity index (χ3n) is 2.84. The van der Waals surface area contributed by atoms with Crippen molar-refractivity contribution in [1.29, 1.82) is 0 Å². The average Bonchev–Trinajstić information content (AvgIpc) is 2.91. The Bertz CT molecular complexity index is 734. The molecule has 0 radical (unpaired) electrons. The summed E-state index contributed by atoms with van der Waals surface area (Å²) in [6, 6.07) is 15.8.